The maximum absolute atomic E-state index is 13.2. The van der Waals surface area contributed by atoms with Crippen LogP contribution in [0.15, 0.2) is 42.7 Å². The third-order valence-corrected chi connectivity index (χ3v) is 7.51. The molecular formula is C26H36ClN5O3. The van der Waals surface area contributed by atoms with E-state index in [2.05, 4.69) is 17.0 Å². The predicted octanol–water partition coefficient (Wildman–Crippen LogP) is 3.17. The number of aryl methyl sites for hydroxylation is 1. The summed E-state index contributed by atoms with van der Waals surface area (Å²) in [4.78, 5) is 32.3. The van der Waals surface area contributed by atoms with Gasteiger partial charge in [-0.2, -0.15) is 5.10 Å². The van der Waals surface area contributed by atoms with Crippen LogP contribution in [-0.4, -0.2) is 89.2 Å². The largest absolute Gasteiger partial charge is 0.493 e. The number of hydrogen-bond acceptors (Lipinski definition) is 5. The van der Waals surface area contributed by atoms with Crippen molar-refractivity contribution >= 4 is 23.4 Å². The fourth-order valence-electron chi connectivity index (χ4n) is 4.84. The Kier molecular flexibility index (Phi) is 8.68. The molecule has 0 radical (unpaired) electrons. The zero-order valence-corrected chi connectivity index (χ0v) is 21.3. The molecule has 2 amide bonds. The summed E-state index contributed by atoms with van der Waals surface area (Å²) in [6, 6.07) is 9.22. The highest BCUT2D eigenvalue weighted by Crippen LogP contribution is 2.37. The molecule has 2 aliphatic rings. The maximum Gasteiger partial charge on any atom is 0.223 e. The summed E-state index contributed by atoms with van der Waals surface area (Å²) in [6.07, 6.45) is 6.90. The highest BCUT2D eigenvalue weighted by molar-refractivity contribution is 6.30. The number of likely N-dealkylation sites (tertiary alicyclic amines) is 1. The van der Waals surface area contributed by atoms with Gasteiger partial charge in [-0.1, -0.05) is 11.6 Å². The molecule has 2 saturated heterocycles. The summed E-state index contributed by atoms with van der Waals surface area (Å²) in [5.41, 5.74) is -0.286. The highest BCUT2D eigenvalue weighted by Gasteiger charge is 2.40. The summed E-state index contributed by atoms with van der Waals surface area (Å²) >= 11 is 6.01. The van der Waals surface area contributed by atoms with Crippen molar-refractivity contribution in [2.45, 2.75) is 38.6 Å². The van der Waals surface area contributed by atoms with Crippen LogP contribution in [-0.2, 0) is 16.1 Å². The summed E-state index contributed by atoms with van der Waals surface area (Å²) in [7, 11) is 2.09. The Balaban J connectivity index is 1.34. The van der Waals surface area contributed by atoms with Crippen LogP contribution in [0.4, 0.5) is 0 Å². The number of amides is 2. The first-order valence-electron chi connectivity index (χ1n) is 12.5. The highest BCUT2D eigenvalue weighted by atomic mass is 35.5. The Morgan fingerprint density at radius 3 is 2.34 bits per heavy atom. The number of piperidine rings is 1. The molecule has 0 N–H and O–H groups in total. The van der Waals surface area contributed by atoms with Crippen molar-refractivity contribution in [3.8, 4) is 5.75 Å². The number of nitrogens with zero attached hydrogens (tertiary/aromatic N) is 5. The molecule has 190 valence electrons. The number of rotatable bonds is 9. The maximum atomic E-state index is 13.2. The molecule has 2 aliphatic heterocycles. The molecule has 0 spiro atoms. The predicted molar refractivity (Wildman–Crippen MR) is 135 cm³/mol. The number of carbonyl (C=O) groups is 2. The van der Waals surface area contributed by atoms with E-state index in [1.807, 2.05) is 51.0 Å². The average Bonchev–Trinajstić information content (AvgIpc) is 3.38. The van der Waals surface area contributed by atoms with Crippen molar-refractivity contribution in [3.05, 3.63) is 47.7 Å². The zero-order chi connectivity index (χ0) is 24.7. The second-order valence-corrected chi connectivity index (χ2v) is 10.3. The van der Waals surface area contributed by atoms with E-state index in [-0.39, 0.29) is 17.2 Å². The van der Waals surface area contributed by atoms with Gasteiger partial charge in [0.1, 0.15) is 5.75 Å². The molecule has 0 aliphatic carbocycles. The first-order valence-corrected chi connectivity index (χ1v) is 12.9. The summed E-state index contributed by atoms with van der Waals surface area (Å²) in [6.45, 7) is 5.85. The lowest BCUT2D eigenvalue weighted by molar-refractivity contribution is -0.139. The molecule has 1 aromatic heterocycles. The lowest BCUT2D eigenvalue weighted by Crippen LogP contribution is -2.51. The number of aromatic nitrogens is 2. The third-order valence-electron chi connectivity index (χ3n) is 7.25. The van der Waals surface area contributed by atoms with Crippen LogP contribution >= 0.6 is 11.6 Å². The van der Waals surface area contributed by atoms with Gasteiger partial charge in [0.05, 0.1) is 6.61 Å². The Morgan fingerprint density at radius 2 is 1.69 bits per heavy atom. The van der Waals surface area contributed by atoms with Crippen molar-refractivity contribution in [1.29, 1.82) is 0 Å². The molecule has 2 aromatic rings. The molecule has 0 atom stereocenters. The van der Waals surface area contributed by atoms with E-state index in [9.17, 15) is 9.59 Å². The second kappa shape index (κ2) is 11.9. The first-order chi connectivity index (χ1) is 16.9. The van der Waals surface area contributed by atoms with E-state index in [1.165, 1.54) is 0 Å². The Morgan fingerprint density at radius 1 is 1.00 bits per heavy atom. The van der Waals surface area contributed by atoms with E-state index in [0.29, 0.717) is 37.6 Å². The van der Waals surface area contributed by atoms with Crippen molar-refractivity contribution in [3.63, 3.8) is 0 Å². The SMILES string of the molecule is CN1CCN(C(=O)CC2(COc3ccc(Cl)cc3)CCN(C(=O)CCCn3cccn3)CC2)CC1. The number of hydrogen-bond donors (Lipinski definition) is 0. The van der Waals surface area contributed by atoms with Crippen molar-refractivity contribution < 1.29 is 14.3 Å². The topological polar surface area (TPSA) is 70.9 Å². The quantitative estimate of drug-likeness (QED) is 0.528. The van der Waals surface area contributed by atoms with Crippen LogP contribution in [0.3, 0.4) is 0 Å². The van der Waals surface area contributed by atoms with Gasteiger partial charge in [-0.3, -0.25) is 14.3 Å². The molecule has 8 nitrogen and oxygen atoms in total. The number of piperazine rings is 1. The van der Waals surface area contributed by atoms with Gasteiger partial charge < -0.3 is 19.4 Å². The Hall–Kier alpha value is -2.58. The molecule has 0 saturated carbocycles. The lowest BCUT2D eigenvalue weighted by atomic mass is 9.75. The normalized spacial score (nSPS) is 18.5. The molecule has 0 unspecified atom stereocenters. The van der Waals surface area contributed by atoms with Gasteiger partial charge >= 0.3 is 0 Å². The second-order valence-electron chi connectivity index (χ2n) is 9.86. The standard InChI is InChI=1S/C26H36ClN5O3/c1-29-16-18-31(19-17-29)25(34)20-26(21-35-23-7-5-22(27)6-8-23)9-14-30(15-10-26)24(33)4-2-12-32-13-3-11-28-32/h3,5-8,11,13H,2,4,9-10,12,14-21H2,1H3. The van der Waals surface area contributed by atoms with Crippen molar-refractivity contribution in [1.82, 2.24) is 24.5 Å². The number of benzene rings is 1. The van der Waals surface area contributed by atoms with Gasteiger partial charge in [-0.15, -0.1) is 0 Å². The van der Waals surface area contributed by atoms with Gasteiger partial charge in [0.15, 0.2) is 0 Å². The third kappa shape index (κ3) is 7.21. The molecule has 2 fully saturated rings. The lowest BCUT2D eigenvalue weighted by Gasteiger charge is -2.43. The number of halogens is 1. The fraction of sp³-hybridized carbons (Fsp3) is 0.577. The summed E-state index contributed by atoms with van der Waals surface area (Å²) < 4.78 is 8.01. The molecule has 1 aromatic carbocycles. The number of ether oxygens (including phenoxy) is 1. The van der Waals surface area contributed by atoms with E-state index in [0.717, 1.165) is 57.7 Å². The monoisotopic (exact) mass is 501 g/mol. The zero-order valence-electron chi connectivity index (χ0n) is 20.6. The fourth-order valence-corrected chi connectivity index (χ4v) is 4.97. The molecule has 4 rings (SSSR count). The van der Waals surface area contributed by atoms with Gasteiger partial charge in [-0.05, 0) is 56.6 Å². The minimum atomic E-state index is -0.286. The van der Waals surface area contributed by atoms with E-state index >= 15 is 0 Å². The minimum absolute atomic E-state index is 0.176. The van der Waals surface area contributed by atoms with E-state index in [4.69, 9.17) is 16.3 Å². The van der Waals surface area contributed by atoms with Gasteiger partial charge in [0.25, 0.3) is 0 Å². The smallest absolute Gasteiger partial charge is 0.223 e. The van der Waals surface area contributed by atoms with Crippen LogP contribution in [0.25, 0.3) is 0 Å². The van der Waals surface area contributed by atoms with Gasteiger partial charge in [0.2, 0.25) is 11.8 Å². The van der Waals surface area contributed by atoms with E-state index < -0.39 is 0 Å². The first kappa shape index (κ1) is 25.5. The molecule has 35 heavy (non-hydrogen) atoms. The van der Waals surface area contributed by atoms with Gasteiger partial charge in [-0.25, -0.2) is 0 Å². The van der Waals surface area contributed by atoms with Crippen LogP contribution in [0.1, 0.15) is 32.1 Å². The van der Waals surface area contributed by atoms with Crippen LogP contribution in [0.2, 0.25) is 5.02 Å². The average molecular weight is 502 g/mol. The number of carbonyl (C=O) groups excluding carboxylic acids is 2. The van der Waals surface area contributed by atoms with Crippen LogP contribution in [0, 0.1) is 5.41 Å². The molecule has 0 bridgehead atoms. The van der Waals surface area contributed by atoms with Gasteiger partial charge in [0, 0.05) is 81.5 Å². The molecule has 9 heteroatoms. The Labute approximate surface area is 212 Å². The van der Waals surface area contributed by atoms with Crippen molar-refractivity contribution in [2.75, 3.05) is 52.9 Å². The van der Waals surface area contributed by atoms with E-state index in [1.54, 1.807) is 6.20 Å². The Bertz CT molecular complexity index is 950. The molecule has 3 heterocycles. The molecular weight excluding hydrogens is 466 g/mol. The van der Waals surface area contributed by atoms with Crippen LogP contribution < -0.4 is 4.74 Å². The summed E-state index contributed by atoms with van der Waals surface area (Å²) in [5.74, 6) is 1.12. The van der Waals surface area contributed by atoms with Crippen molar-refractivity contribution in [2.24, 2.45) is 5.41 Å². The van der Waals surface area contributed by atoms with Crippen LogP contribution in [0.5, 0.6) is 5.75 Å². The number of likely N-dealkylation sites (N-methyl/N-ethyl adjacent to an activating group) is 1. The summed E-state index contributed by atoms with van der Waals surface area (Å²) in [5, 5.41) is 4.86. The minimum Gasteiger partial charge on any atom is -0.493 e.